The highest BCUT2D eigenvalue weighted by Crippen LogP contribution is 2.43. The predicted molar refractivity (Wildman–Crippen MR) is 140 cm³/mol. The van der Waals surface area contributed by atoms with E-state index in [4.69, 9.17) is 13.9 Å². The lowest BCUT2D eigenvalue weighted by Gasteiger charge is -2.26. The van der Waals surface area contributed by atoms with E-state index in [0.717, 1.165) is 30.4 Å². The van der Waals surface area contributed by atoms with Gasteiger partial charge in [-0.3, -0.25) is 14.5 Å². The first kappa shape index (κ1) is 23.7. The number of hydrogen-bond donors (Lipinski definition) is 0. The van der Waals surface area contributed by atoms with E-state index in [-0.39, 0.29) is 17.1 Å². The Hall–Kier alpha value is -4.06. The van der Waals surface area contributed by atoms with E-state index in [0.29, 0.717) is 40.3 Å². The Morgan fingerprint density at radius 3 is 2.56 bits per heavy atom. The molecule has 1 unspecified atom stereocenters. The summed E-state index contributed by atoms with van der Waals surface area (Å²) < 4.78 is 17.6. The number of methoxy groups -OCH3 is 1. The predicted octanol–water partition coefficient (Wildman–Crippen LogP) is 6.43. The molecule has 1 amide bonds. The van der Waals surface area contributed by atoms with Gasteiger partial charge in [0.25, 0.3) is 5.91 Å². The molecule has 0 aliphatic carbocycles. The van der Waals surface area contributed by atoms with Crippen molar-refractivity contribution in [2.45, 2.75) is 39.2 Å². The van der Waals surface area contributed by atoms with Crippen LogP contribution in [0.15, 0.2) is 75.9 Å². The largest absolute Gasteiger partial charge is 0.493 e. The van der Waals surface area contributed by atoms with E-state index >= 15 is 0 Å². The molecule has 6 heteroatoms. The van der Waals surface area contributed by atoms with Crippen molar-refractivity contribution < 1.29 is 18.7 Å². The maximum Gasteiger partial charge on any atom is 0.295 e. The first-order valence-corrected chi connectivity index (χ1v) is 12.3. The molecule has 0 radical (unpaired) electrons. The molecular weight excluding hydrogens is 454 g/mol. The summed E-state index contributed by atoms with van der Waals surface area (Å²) in [5.74, 6) is 0.917. The van der Waals surface area contributed by atoms with Gasteiger partial charge in [0.05, 0.1) is 30.7 Å². The van der Waals surface area contributed by atoms with Crippen molar-refractivity contribution in [1.82, 2.24) is 0 Å². The summed E-state index contributed by atoms with van der Waals surface area (Å²) in [6, 6.07) is 19.6. The molecule has 36 heavy (non-hydrogen) atoms. The molecule has 4 aromatic rings. The average Bonchev–Trinajstić information content (AvgIpc) is 3.19. The molecule has 1 atom stereocenters. The van der Waals surface area contributed by atoms with Crippen LogP contribution in [0.25, 0.3) is 11.0 Å². The number of ether oxygens (including phenoxy) is 2. The van der Waals surface area contributed by atoms with Crippen LogP contribution in [-0.2, 0) is 0 Å². The number of fused-ring (bicyclic) bond motifs is 2. The third-order valence-corrected chi connectivity index (χ3v) is 6.57. The summed E-state index contributed by atoms with van der Waals surface area (Å²) in [6.45, 7) is 4.72. The van der Waals surface area contributed by atoms with Crippen molar-refractivity contribution in [3.63, 3.8) is 0 Å². The zero-order valence-corrected chi connectivity index (χ0v) is 20.7. The van der Waals surface area contributed by atoms with E-state index in [2.05, 4.69) is 6.92 Å². The molecule has 2 heterocycles. The van der Waals surface area contributed by atoms with Gasteiger partial charge >= 0.3 is 0 Å². The van der Waals surface area contributed by atoms with Crippen molar-refractivity contribution in [1.29, 1.82) is 0 Å². The lowest BCUT2D eigenvalue weighted by molar-refractivity contribution is 0.0971. The molecule has 5 rings (SSSR count). The molecule has 0 fully saturated rings. The van der Waals surface area contributed by atoms with Crippen LogP contribution in [0.1, 0.15) is 59.5 Å². The lowest BCUT2D eigenvalue weighted by Crippen LogP contribution is -2.29. The molecular formula is C30H29NO5. The fourth-order valence-electron chi connectivity index (χ4n) is 4.79. The van der Waals surface area contributed by atoms with Crippen LogP contribution in [0.2, 0.25) is 0 Å². The number of anilines is 1. The Kier molecular flexibility index (Phi) is 6.51. The van der Waals surface area contributed by atoms with Gasteiger partial charge in [0.1, 0.15) is 5.58 Å². The Bertz CT molecular complexity index is 1490. The fraction of sp³-hybridized carbons (Fsp3) is 0.267. The van der Waals surface area contributed by atoms with Crippen molar-refractivity contribution >= 4 is 22.6 Å². The van der Waals surface area contributed by atoms with Gasteiger partial charge < -0.3 is 13.9 Å². The number of carbonyl (C=O) groups excluding carboxylic acids is 1. The molecule has 1 aliphatic rings. The second-order valence-electron chi connectivity index (χ2n) is 9.05. The second-order valence-corrected chi connectivity index (χ2v) is 9.05. The highest BCUT2D eigenvalue weighted by molar-refractivity contribution is 6.10. The van der Waals surface area contributed by atoms with Crippen LogP contribution in [0.3, 0.4) is 0 Å². The number of unbranched alkanes of at least 4 members (excludes halogenated alkanes) is 2. The lowest BCUT2D eigenvalue weighted by atomic mass is 9.97. The number of carbonyl (C=O) groups is 1. The molecule has 0 saturated carbocycles. The number of benzene rings is 3. The number of nitrogens with zero attached hydrogens (tertiary/aromatic N) is 1. The molecule has 0 bridgehead atoms. The van der Waals surface area contributed by atoms with Gasteiger partial charge in [-0.25, -0.2) is 0 Å². The molecule has 0 saturated heterocycles. The van der Waals surface area contributed by atoms with Gasteiger partial charge in [-0.1, -0.05) is 50.1 Å². The summed E-state index contributed by atoms with van der Waals surface area (Å²) in [5.41, 5.74) is 2.96. The molecule has 184 valence electrons. The Labute approximate surface area is 210 Å². The molecule has 1 aromatic heterocycles. The van der Waals surface area contributed by atoms with Crippen LogP contribution in [0, 0.1) is 6.92 Å². The smallest absolute Gasteiger partial charge is 0.295 e. The van der Waals surface area contributed by atoms with E-state index in [1.54, 1.807) is 36.3 Å². The van der Waals surface area contributed by atoms with Crippen molar-refractivity contribution in [3.05, 3.63) is 99.4 Å². The Balaban J connectivity index is 1.66. The normalized spacial score (nSPS) is 14.8. The summed E-state index contributed by atoms with van der Waals surface area (Å²) in [4.78, 5) is 29.1. The number of rotatable bonds is 8. The monoisotopic (exact) mass is 483 g/mol. The molecule has 3 aromatic carbocycles. The van der Waals surface area contributed by atoms with Crippen molar-refractivity contribution in [2.75, 3.05) is 18.6 Å². The summed E-state index contributed by atoms with van der Waals surface area (Å²) in [6.07, 6.45) is 3.17. The third-order valence-electron chi connectivity index (χ3n) is 6.57. The number of hydrogen-bond acceptors (Lipinski definition) is 5. The van der Waals surface area contributed by atoms with Gasteiger partial charge in [-0.05, 0) is 60.9 Å². The quantitative estimate of drug-likeness (QED) is 0.270. The molecule has 0 N–H and O–H groups in total. The van der Waals surface area contributed by atoms with Gasteiger partial charge in [0.15, 0.2) is 16.9 Å². The van der Waals surface area contributed by atoms with E-state index in [1.807, 2.05) is 49.4 Å². The standard InChI is InChI=1S/C30H29NO5/c1-4-5-8-16-35-24-15-14-20(18-25(24)34-3)27-26-28(32)22-12-6-7-13-23(22)36-29(26)30(33)31(27)21-11-9-10-19(2)17-21/h6-7,9-15,17-18,27H,4-5,8,16H2,1-3H3. The first-order chi connectivity index (χ1) is 17.5. The van der Waals surface area contributed by atoms with E-state index < -0.39 is 6.04 Å². The highest BCUT2D eigenvalue weighted by Gasteiger charge is 2.44. The van der Waals surface area contributed by atoms with Gasteiger partial charge in [0, 0.05) is 5.69 Å². The minimum absolute atomic E-state index is 0.0732. The molecule has 6 nitrogen and oxygen atoms in total. The van der Waals surface area contributed by atoms with Crippen molar-refractivity contribution in [3.8, 4) is 11.5 Å². The summed E-state index contributed by atoms with van der Waals surface area (Å²) in [5, 5.41) is 0.447. The first-order valence-electron chi connectivity index (χ1n) is 12.3. The maximum atomic E-state index is 13.7. The van der Waals surface area contributed by atoms with Crippen LogP contribution >= 0.6 is 0 Å². The minimum Gasteiger partial charge on any atom is -0.493 e. The van der Waals surface area contributed by atoms with Gasteiger partial charge in [-0.15, -0.1) is 0 Å². The topological polar surface area (TPSA) is 69.0 Å². The van der Waals surface area contributed by atoms with Crippen LogP contribution in [0.4, 0.5) is 5.69 Å². The second kappa shape index (κ2) is 9.90. The summed E-state index contributed by atoms with van der Waals surface area (Å²) >= 11 is 0. The maximum absolute atomic E-state index is 13.7. The zero-order chi connectivity index (χ0) is 25.2. The third kappa shape index (κ3) is 4.13. The zero-order valence-electron chi connectivity index (χ0n) is 20.7. The van der Waals surface area contributed by atoms with Crippen LogP contribution in [-0.4, -0.2) is 19.6 Å². The van der Waals surface area contributed by atoms with Gasteiger partial charge in [0.2, 0.25) is 5.76 Å². The summed E-state index contributed by atoms with van der Waals surface area (Å²) in [7, 11) is 1.59. The van der Waals surface area contributed by atoms with Crippen molar-refractivity contribution in [2.24, 2.45) is 0 Å². The van der Waals surface area contributed by atoms with E-state index in [9.17, 15) is 9.59 Å². The fourth-order valence-corrected chi connectivity index (χ4v) is 4.79. The number of aryl methyl sites for hydroxylation is 1. The van der Waals surface area contributed by atoms with Crippen LogP contribution < -0.4 is 19.8 Å². The minimum atomic E-state index is -0.668. The van der Waals surface area contributed by atoms with Gasteiger partial charge in [-0.2, -0.15) is 0 Å². The number of para-hydroxylation sites is 1. The highest BCUT2D eigenvalue weighted by atomic mass is 16.5. The van der Waals surface area contributed by atoms with Crippen LogP contribution in [0.5, 0.6) is 11.5 Å². The van der Waals surface area contributed by atoms with E-state index in [1.165, 1.54) is 0 Å². The SMILES string of the molecule is CCCCCOc1ccc(C2c3c(oc4ccccc4c3=O)C(=O)N2c2cccc(C)c2)cc1OC. The molecule has 0 spiro atoms. The Morgan fingerprint density at radius 2 is 1.78 bits per heavy atom. The number of amides is 1. The average molecular weight is 484 g/mol. The molecule has 1 aliphatic heterocycles. The Morgan fingerprint density at radius 1 is 0.944 bits per heavy atom.